The van der Waals surface area contributed by atoms with Crippen LogP contribution < -0.4 is 0 Å². The summed E-state index contributed by atoms with van der Waals surface area (Å²) < 4.78 is 0. The molecular weight excluding hydrogens is 238 g/mol. The van der Waals surface area contributed by atoms with Gasteiger partial charge in [-0.2, -0.15) is 10.5 Å². The summed E-state index contributed by atoms with van der Waals surface area (Å²) in [5, 5.41) is 17.6. The van der Waals surface area contributed by atoms with E-state index in [1.54, 1.807) is 12.1 Å². The zero-order valence-corrected chi connectivity index (χ0v) is 10.0. The maximum absolute atomic E-state index is 12.0. The first-order chi connectivity index (χ1) is 8.08. The van der Waals surface area contributed by atoms with Crippen LogP contribution in [0.5, 0.6) is 0 Å². The van der Waals surface area contributed by atoms with Gasteiger partial charge < -0.3 is 4.90 Å². The first kappa shape index (κ1) is 13.0. The Morgan fingerprint density at radius 2 is 1.88 bits per heavy atom. The van der Waals surface area contributed by atoms with Crippen molar-refractivity contribution < 1.29 is 4.79 Å². The molecule has 0 saturated carbocycles. The Kier molecular flexibility index (Phi) is 4.51. The van der Waals surface area contributed by atoms with Crippen LogP contribution in [0, 0.1) is 29.6 Å². The van der Waals surface area contributed by atoms with E-state index in [1.165, 1.54) is 11.0 Å². The standard InChI is InChI=1S/C12H10ClN3O/c1-9-6-10(8-11(13)7-9)12(17)16(4-2-14)5-3-15/h6-8H,4-5H2,1H3. The van der Waals surface area contributed by atoms with Gasteiger partial charge in [0.15, 0.2) is 0 Å². The minimum atomic E-state index is -0.362. The Morgan fingerprint density at radius 1 is 1.29 bits per heavy atom. The number of nitriles is 2. The van der Waals surface area contributed by atoms with Crippen molar-refractivity contribution in [1.29, 1.82) is 10.5 Å². The maximum Gasteiger partial charge on any atom is 0.255 e. The van der Waals surface area contributed by atoms with Crippen LogP contribution in [0.1, 0.15) is 15.9 Å². The maximum atomic E-state index is 12.0. The second-order valence-corrected chi connectivity index (χ2v) is 3.93. The van der Waals surface area contributed by atoms with Crippen LogP contribution in [0.4, 0.5) is 0 Å². The molecule has 0 aromatic heterocycles. The molecule has 5 heteroatoms. The average molecular weight is 248 g/mol. The van der Waals surface area contributed by atoms with Gasteiger partial charge in [-0.3, -0.25) is 4.79 Å². The van der Waals surface area contributed by atoms with Gasteiger partial charge >= 0.3 is 0 Å². The molecule has 0 atom stereocenters. The van der Waals surface area contributed by atoms with E-state index in [0.717, 1.165) is 5.56 Å². The monoisotopic (exact) mass is 247 g/mol. The largest absolute Gasteiger partial charge is 0.312 e. The molecule has 0 radical (unpaired) electrons. The minimum Gasteiger partial charge on any atom is -0.312 e. The molecule has 0 unspecified atom stereocenters. The number of benzene rings is 1. The smallest absolute Gasteiger partial charge is 0.255 e. The molecular formula is C12H10ClN3O. The van der Waals surface area contributed by atoms with Crippen molar-refractivity contribution in [2.75, 3.05) is 13.1 Å². The van der Waals surface area contributed by atoms with E-state index < -0.39 is 0 Å². The van der Waals surface area contributed by atoms with Gasteiger partial charge in [-0.05, 0) is 30.7 Å². The molecule has 1 aromatic rings. The van der Waals surface area contributed by atoms with Crippen molar-refractivity contribution in [3.05, 3.63) is 34.3 Å². The molecule has 0 bridgehead atoms. The highest BCUT2D eigenvalue weighted by Crippen LogP contribution is 2.16. The number of nitrogens with zero attached hydrogens (tertiary/aromatic N) is 3. The third kappa shape index (κ3) is 3.48. The van der Waals surface area contributed by atoms with E-state index in [9.17, 15) is 4.79 Å². The summed E-state index contributed by atoms with van der Waals surface area (Å²) in [5.74, 6) is -0.362. The molecule has 0 aliphatic heterocycles. The molecule has 0 aliphatic rings. The molecule has 0 fully saturated rings. The molecule has 86 valence electrons. The van der Waals surface area contributed by atoms with E-state index in [-0.39, 0.29) is 19.0 Å². The van der Waals surface area contributed by atoms with Gasteiger partial charge in [0, 0.05) is 10.6 Å². The predicted molar refractivity (Wildman–Crippen MR) is 63.3 cm³/mol. The molecule has 17 heavy (non-hydrogen) atoms. The molecule has 0 N–H and O–H groups in total. The fourth-order valence-corrected chi connectivity index (χ4v) is 1.70. The fourth-order valence-electron chi connectivity index (χ4n) is 1.41. The number of hydrogen-bond donors (Lipinski definition) is 0. The SMILES string of the molecule is Cc1cc(Cl)cc(C(=O)N(CC#N)CC#N)c1. The summed E-state index contributed by atoms with van der Waals surface area (Å²) >= 11 is 5.85. The number of aryl methyl sites for hydroxylation is 1. The lowest BCUT2D eigenvalue weighted by Crippen LogP contribution is -2.31. The molecule has 0 heterocycles. The van der Waals surface area contributed by atoms with Gasteiger partial charge in [-0.15, -0.1) is 0 Å². The Bertz CT molecular complexity index is 477. The van der Waals surface area contributed by atoms with E-state index in [0.29, 0.717) is 10.6 Å². The van der Waals surface area contributed by atoms with E-state index in [2.05, 4.69) is 0 Å². The van der Waals surface area contributed by atoms with Gasteiger partial charge in [0.25, 0.3) is 5.91 Å². The number of amides is 1. The molecule has 1 amide bonds. The van der Waals surface area contributed by atoms with Crippen LogP contribution in [0.2, 0.25) is 5.02 Å². The zero-order chi connectivity index (χ0) is 12.8. The molecule has 1 rings (SSSR count). The highest BCUT2D eigenvalue weighted by molar-refractivity contribution is 6.31. The van der Waals surface area contributed by atoms with Crippen molar-refractivity contribution in [2.24, 2.45) is 0 Å². The number of carbonyl (C=O) groups excluding carboxylic acids is 1. The van der Waals surface area contributed by atoms with Gasteiger partial charge in [0.2, 0.25) is 0 Å². The Labute approximate surface area is 105 Å². The van der Waals surface area contributed by atoms with Crippen molar-refractivity contribution in [2.45, 2.75) is 6.92 Å². The molecule has 0 saturated heterocycles. The molecule has 0 spiro atoms. The second-order valence-electron chi connectivity index (χ2n) is 3.49. The number of halogens is 1. The Morgan fingerprint density at radius 3 is 2.35 bits per heavy atom. The Hall–Kier alpha value is -2.04. The number of hydrogen-bond acceptors (Lipinski definition) is 3. The van der Waals surface area contributed by atoms with Crippen LogP contribution in [-0.2, 0) is 0 Å². The normalized spacial score (nSPS) is 9.18. The first-order valence-electron chi connectivity index (χ1n) is 4.89. The second kappa shape index (κ2) is 5.89. The van der Waals surface area contributed by atoms with Crippen LogP contribution in [0.15, 0.2) is 18.2 Å². The highest BCUT2D eigenvalue weighted by Gasteiger charge is 2.15. The molecule has 4 nitrogen and oxygen atoms in total. The average Bonchev–Trinajstić information content (AvgIpc) is 2.26. The third-order valence-corrected chi connectivity index (χ3v) is 2.32. The zero-order valence-electron chi connectivity index (χ0n) is 9.27. The molecule has 1 aromatic carbocycles. The fraction of sp³-hybridized carbons (Fsp3) is 0.250. The summed E-state index contributed by atoms with van der Waals surface area (Å²) in [6, 6.07) is 8.64. The van der Waals surface area contributed by atoms with Crippen molar-refractivity contribution in [3.8, 4) is 12.1 Å². The predicted octanol–water partition coefficient (Wildman–Crippen LogP) is 2.14. The topological polar surface area (TPSA) is 67.9 Å². The van der Waals surface area contributed by atoms with E-state index >= 15 is 0 Å². The van der Waals surface area contributed by atoms with Crippen LogP contribution in [0.25, 0.3) is 0 Å². The lowest BCUT2D eigenvalue weighted by molar-refractivity contribution is 0.0794. The summed E-state index contributed by atoms with van der Waals surface area (Å²) in [7, 11) is 0. The highest BCUT2D eigenvalue weighted by atomic mass is 35.5. The quantitative estimate of drug-likeness (QED) is 0.769. The number of carbonyl (C=O) groups is 1. The van der Waals surface area contributed by atoms with Crippen molar-refractivity contribution in [3.63, 3.8) is 0 Å². The van der Waals surface area contributed by atoms with Crippen LogP contribution >= 0.6 is 11.6 Å². The van der Waals surface area contributed by atoms with Gasteiger partial charge in [0.1, 0.15) is 13.1 Å². The van der Waals surface area contributed by atoms with Gasteiger partial charge in [-0.1, -0.05) is 11.6 Å². The van der Waals surface area contributed by atoms with Gasteiger partial charge in [0.05, 0.1) is 12.1 Å². The molecule has 0 aliphatic carbocycles. The lowest BCUT2D eigenvalue weighted by atomic mass is 10.1. The summed E-state index contributed by atoms with van der Waals surface area (Å²) in [5.41, 5.74) is 1.25. The van der Waals surface area contributed by atoms with Crippen molar-refractivity contribution >= 4 is 17.5 Å². The minimum absolute atomic E-state index is 0.113. The lowest BCUT2D eigenvalue weighted by Gasteiger charge is -2.16. The first-order valence-corrected chi connectivity index (χ1v) is 5.26. The number of rotatable bonds is 3. The van der Waals surface area contributed by atoms with E-state index in [1.807, 2.05) is 19.1 Å². The van der Waals surface area contributed by atoms with E-state index in [4.69, 9.17) is 22.1 Å². The Balaban J connectivity index is 3.02. The van der Waals surface area contributed by atoms with Gasteiger partial charge in [-0.25, -0.2) is 0 Å². The third-order valence-electron chi connectivity index (χ3n) is 2.10. The summed E-state index contributed by atoms with van der Waals surface area (Å²) in [4.78, 5) is 13.2. The van der Waals surface area contributed by atoms with Crippen molar-refractivity contribution in [1.82, 2.24) is 4.90 Å². The summed E-state index contributed by atoms with van der Waals surface area (Å²) in [6.07, 6.45) is 0. The van der Waals surface area contributed by atoms with Crippen LogP contribution in [-0.4, -0.2) is 23.9 Å². The van der Waals surface area contributed by atoms with Crippen LogP contribution in [0.3, 0.4) is 0 Å². The summed E-state index contributed by atoms with van der Waals surface area (Å²) in [6.45, 7) is 1.59.